The van der Waals surface area contributed by atoms with Gasteiger partial charge in [-0.3, -0.25) is 0 Å². The van der Waals surface area contributed by atoms with Crippen LogP contribution in [-0.4, -0.2) is 6.54 Å². The van der Waals surface area contributed by atoms with Gasteiger partial charge in [-0.2, -0.15) is 0 Å². The van der Waals surface area contributed by atoms with E-state index >= 15 is 0 Å². The second kappa shape index (κ2) is 5.57. The van der Waals surface area contributed by atoms with Crippen molar-refractivity contribution >= 4 is 23.1 Å². The Hall–Kier alpha value is -0.710. The van der Waals surface area contributed by atoms with E-state index in [1.54, 1.807) is 6.26 Å². The van der Waals surface area contributed by atoms with Gasteiger partial charge in [0.2, 0.25) is 0 Å². The largest absolute Gasteiger partial charge is 0.468 e. The summed E-state index contributed by atoms with van der Waals surface area (Å²) in [6, 6.07) is 8.24. The molecule has 86 valence electrons. The topological polar surface area (TPSA) is 39.2 Å². The molecule has 0 fully saturated rings. The molecule has 2 heterocycles. The molecule has 0 saturated carbocycles. The van der Waals surface area contributed by atoms with Gasteiger partial charge in [-0.15, -0.1) is 23.1 Å². The lowest BCUT2D eigenvalue weighted by Crippen LogP contribution is -2.08. The van der Waals surface area contributed by atoms with Crippen LogP contribution < -0.4 is 5.73 Å². The highest BCUT2D eigenvalue weighted by Crippen LogP contribution is 2.34. The van der Waals surface area contributed by atoms with Crippen LogP contribution in [0.2, 0.25) is 0 Å². The van der Waals surface area contributed by atoms with Gasteiger partial charge in [0.1, 0.15) is 5.76 Å². The summed E-state index contributed by atoms with van der Waals surface area (Å²) in [7, 11) is 0. The van der Waals surface area contributed by atoms with E-state index in [4.69, 9.17) is 10.2 Å². The molecule has 0 bridgehead atoms. The Morgan fingerprint density at radius 1 is 1.44 bits per heavy atom. The lowest BCUT2D eigenvalue weighted by molar-refractivity contribution is 0.530. The van der Waals surface area contributed by atoms with Gasteiger partial charge in [-0.1, -0.05) is 0 Å². The smallest absolute Gasteiger partial charge is 0.113 e. The number of hydrogen-bond acceptors (Lipinski definition) is 4. The molecule has 0 aliphatic rings. The zero-order valence-corrected chi connectivity index (χ0v) is 10.8. The van der Waals surface area contributed by atoms with E-state index < -0.39 is 0 Å². The minimum atomic E-state index is 0.379. The van der Waals surface area contributed by atoms with Crippen molar-refractivity contribution in [3.05, 3.63) is 46.0 Å². The average molecular weight is 253 g/mol. The number of aryl methyl sites for hydroxylation is 1. The number of thiophene rings is 1. The zero-order valence-electron chi connectivity index (χ0n) is 9.18. The van der Waals surface area contributed by atoms with Crippen molar-refractivity contribution in [2.45, 2.75) is 17.9 Å². The van der Waals surface area contributed by atoms with Crippen molar-refractivity contribution in [1.29, 1.82) is 0 Å². The minimum absolute atomic E-state index is 0.379. The third-order valence-corrected chi connectivity index (χ3v) is 4.86. The minimum Gasteiger partial charge on any atom is -0.468 e. The molecule has 4 heteroatoms. The summed E-state index contributed by atoms with van der Waals surface area (Å²) in [4.78, 5) is 2.70. The summed E-state index contributed by atoms with van der Waals surface area (Å²) >= 11 is 3.66. The van der Waals surface area contributed by atoms with E-state index in [1.165, 1.54) is 9.75 Å². The van der Waals surface area contributed by atoms with Crippen LogP contribution in [0.5, 0.6) is 0 Å². The molecule has 0 spiro atoms. The van der Waals surface area contributed by atoms with Gasteiger partial charge >= 0.3 is 0 Å². The standard InChI is InChI=1S/C12H15NOS2/c1-9-4-5-11(16-9)12(7-13)15-8-10-3-2-6-14-10/h2-6,12H,7-8,13H2,1H3. The van der Waals surface area contributed by atoms with Crippen LogP contribution in [0.25, 0.3) is 0 Å². The molecule has 2 nitrogen and oxygen atoms in total. The van der Waals surface area contributed by atoms with Gasteiger partial charge < -0.3 is 10.2 Å². The molecular formula is C12H15NOS2. The summed E-state index contributed by atoms with van der Waals surface area (Å²) in [6.07, 6.45) is 1.71. The third-order valence-electron chi connectivity index (χ3n) is 2.30. The van der Waals surface area contributed by atoms with E-state index in [2.05, 4.69) is 19.1 Å². The summed E-state index contributed by atoms with van der Waals surface area (Å²) in [5.74, 6) is 1.89. The molecule has 0 saturated heterocycles. The maximum atomic E-state index is 5.81. The fourth-order valence-electron chi connectivity index (χ4n) is 1.47. The maximum Gasteiger partial charge on any atom is 0.113 e. The highest BCUT2D eigenvalue weighted by molar-refractivity contribution is 7.98. The molecule has 0 aliphatic heterocycles. The highest BCUT2D eigenvalue weighted by atomic mass is 32.2. The molecule has 2 aromatic rings. The fraction of sp³-hybridized carbons (Fsp3) is 0.333. The Morgan fingerprint density at radius 3 is 2.88 bits per heavy atom. The molecule has 2 aromatic heterocycles. The van der Waals surface area contributed by atoms with Crippen molar-refractivity contribution in [3.8, 4) is 0 Å². The second-order valence-corrected chi connectivity index (χ2v) is 6.07. The fourth-order valence-corrected chi connectivity index (χ4v) is 3.60. The van der Waals surface area contributed by atoms with Crippen molar-refractivity contribution in [2.24, 2.45) is 5.73 Å². The molecule has 0 amide bonds. The van der Waals surface area contributed by atoms with Crippen LogP contribution in [-0.2, 0) is 5.75 Å². The van der Waals surface area contributed by atoms with Gasteiger partial charge in [-0.05, 0) is 31.2 Å². The first-order chi connectivity index (χ1) is 7.79. The quantitative estimate of drug-likeness (QED) is 0.885. The van der Waals surface area contributed by atoms with Gasteiger partial charge in [-0.25, -0.2) is 0 Å². The van der Waals surface area contributed by atoms with E-state index in [9.17, 15) is 0 Å². The number of thioether (sulfide) groups is 1. The first-order valence-corrected chi connectivity index (χ1v) is 7.06. The molecule has 0 aliphatic carbocycles. The second-order valence-electron chi connectivity index (χ2n) is 3.56. The lowest BCUT2D eigenvalue weighted by atomic mass is 10.3. The zero-order chi connectivity index (χ0) is 11.4. The van der Waals surface area contributed by atoms with E-state index in [0.29, 0.717) is 11.8 Å². The Kier molecular flexibility index (Phi) is 4.09. The Balaban J connectivity index is 1.96. The van der Waals surface area contributed by atoms with Crippen LogP contribution >= 0.6 is 23.1 Å². The first-order valence-electron chi connectivity index (χ1n) is 5.20. The molecule has 0 aromatic carbocycles. The van der Waals surface area contributed by atoms with Crippen molar-refractivity contribution in [3.63, 3.8) is 0 Å². The van der Waals surface area contributed by atoms with Crippen LogP contribution in [0.1, 0.15) is 20.8 Å². The highest BCUT2D eigenvalue weighted by Gasteiger charge is 2.12. The normalized spacial score (nSPS) is 12.9. The number of rotatable bonds is 5. The monoisotopic (exact) mass is 253 g/mol. The summed E-state index contributed by atoms with van der Waals surface area (Å²) in [6.45, 7) is 2.80. The number of furan rings is 1. The molecule has 1 unspecified atom stereocenters. The molecule has 1 atom stereocenters. The van der Waals surface area contributed by atoms with Crippen molar-refractivity contribution < 1.29 is 4.42 Å². The third kappa shape index (κ3) is 2.90. The summed E-state index contributed by atoms with van der Waals surface area (Å²) < 4.78 is 5.31. The molecular weight excluding hydrogens is 238 g/mol. The maximum absolute atomic E-state index is 5.81. The van der Waals surface area contributed by atoms with Gasteiger partial charge in [0.25, 0.3) is 0 Å². The number of nitrogens with two attached hydrogens (primary N) is 1. The van der Waals surface area contributed by atoms with Crippen LogP contribution in [0, 0.1) is 6.92 Å². The summed E-state index contributed by atoms with van der Waals surface area (Å²) in [5.41, 5.74) is 5.81. The predicted octanol–water partition coefficient (Wildman–Crippen LogP) is 3.58. The Morgan fingerprint density at radius 2 is 2.31 bits per heavy atom. The number of hydrogen-bond donors (Lipinski definition) is 1. The average Bonchev–Trinajstić information content (AvgIpc) is 2.91. The lowest BCUT2D eigenvalue weighted by Gasteiger charge is -2.11. The Labute approximate surface area is 104 Å². The van der Waals surface area contributed by atoms with Crippen molar-refractivity contribution in [1.82, 2.24) is 0 Å². The van der Waals surface area contributed by atoms with Gasteiger partial charge in [0.05, 0.1) is 17.3 Å². The first kappa shape index (κ1) is 11.8. The van der Waals surface area contributed by atoms with Crippen LogP contribution in [0.3, 0.4) is 0 Å². The van der Waals surface area contributed by atoms with Crippen LogP contribution in [0.15, 0.2) is 34.9 Å². The molecule has 2 rings (SSSR count). The van der Waals surface area contributed by atoms with Crippen molar-refractivity contribution in [2.75, 3.05) is 6.54 Å². The SMILES string of the molecule is Cc1ccc(C(CN)SCc2ccco2)s1. The Bertz CT molecular complexity index is 422. The van der Waals surface area contributed by atoms with Gasteiger partial charge in [0.15, 0.2) is 0 Å². The van der Waals surface area contributed by atoms with E-state index in [0.717, 1.165) is 11.5 Å². The van der Waals surface area contributed by atoms with E-state index in [1.807, 2.05) is 35.2 Å². The molecule has 0 radical (unpaired) electrons. The summed E-state index contributed by atoms with van der Waals surface area (Å²) in [5, 5.41) is 0.379. The molecule has 2 N–H and O–H groups in total. The predicted molar refractivity (Wildman–Crippen MR) is 70.9 cm³/mol. The van der Waals surface area contributed by atoms with Gasteiger partial charge in [0, 0.05) is 16.3 Å². The van der Waals surface area contributed by atoms with Crippen LogP contribution in [0.4, 0.5) is 0 Å². The molecule has 16 heavy (non-hydrogen) atoms. The van der Waals surface area contributed by atoms with E-state index in [-0.39, 0.29) is 0 Å².